The molecule has 0 unspecified atom stereocenters. The second-order valence-corrected chi connectivity index (χ2v) is 7.66. The summed E-state index contributed by atoms with van der Waals surface area (Å²) in [7, 11) is 0. The van der Waals surface area contributed by atoms with Gasteiger partial charge in [-0.3, -0.25) is 4.79 Å². The number of nitrogens with zero attached hydrogens (tertiary/aromatic N) is 1. The molecule has 0 fully saturated rings. The average molecular weight is 401 g/mol. The van der Waals surface area contributed by atoms with Gasteiger partial charge in [0.15, 0.2) is 0 Å². The third kappa shape index (κ3) is 5.41. The topological polar surface area (TPSA) is 41.6 Å². The van der Waals surface area contributed by atoms with Crippen molar-refractivity contribution in [3.8, 4) is 5.75 Å². The summed E-state index contributed by atoms with van der Waals surface area (Å²) in [6, 6.07) is 26.4. The van der Waals surface area contributed by atoms with Gasteiger partial charge in [0.05, 0.1) is 13.2 Å². The number of aryl methyl sites for hydroxylation is 2. The summed E-state index contributed by atoms with van der Waals surface area (Å²) in [5, 5.41) is 3.00. The molecule has 0 atom stereocenters. The van der Waals surface area contributed by atoms with Gasteiger partial charge in [0.1, 0.15) is 5.75 Å². The predicted octanol–water partition coefficient (Wildman–Crippen LogP) is 5.09. The highest BCUT2D eigenvalue weighted by Gasteiger charge is 2.18. The van der Waals surface area contributed by atoms with Crippen LogP contribution >= 0.6 is 0 Å². The Morgan fingerprint density at radius 3 is 2.53 bits per heavy atom. The summed E-state index contributed by atoms with van der Waals surface area (Å²) >= 11 is 0. The van der Waals surface area contributed by atoms with E-state index in [0.29, 0.717) is 13.2 Å². The number of fused-ring (bicyclic) bond motifs is 1. The first-order chi connectivity index (χ1) is 14.8. The molecule has 4 heteroatoms. The molecule has 4 rings (SSSR count). The fourth-order valence-electron chi connectivity index (χ4n) is 3.90. The van der Waals surface area contributed by atoms with Crippen LogP contribution in [0.1, 0.15) is 24.0 Å². The van der Waals surface area contributed by atoms with Crippen molar-refractivity contribution in [3.05, 3.63) is 90.0 Å². The van der Waals surface area contributed by atoms with Crippen molar-refractivity contribution in [1.82, 2.24) is 0 Å². The van der Waals surface area contributed by atoms with Crippen LogP contribution in [-0.4, -0.2) is 25.6 Å². The summed E-state index contributed by atoms with van der Waals surface area (Å²) in [5.41, 5.74) is 4.63. The second-order valence-electron chi connectivity index (χ2n) is 7.66. The summed E-state index contributed by atoms with van der Waals surface area (Å²) in [6.07, 6.45) is 4.15. The van der Waals surface area contributed by atoms with E-state index < -0.39 is 0 Å². The van der Waals surface area contributed by atoms with Gasteiger partial charge < -0.3 is 15.0 Å². The second kappa shape index (κ2) is 9.97. The van der Waals surface area contributed by atoms with Crippen molar-refractivity contribution in [2.45, 2.75) is 25.7 Å². The third-order valence-electron chi connectivity index (χ3n) is 5.40. The molecule has 0 bridgehead atoms. The summed E-state index contributed by atoms with van der Waals surface area (Å²) in [4.78, 5) is 14.7. The van der Waals surface area contributed by atoms with E-state index >= 15 is 0 Å². The Morgan fingerprint density at radius 1 is 0.933 bits per heavy atom. The normalized spacial score (nSPS) is 12.9. The summed E-state index contributed by atoms with van der Waals surface area (Å²) in [5.74, 6) is 0.828. The van der Waals surface area contributed by atoms with Gasteiger partial charge in [-0.1, -0.05) is 48.5 Å². The molecule has 154 valence electrons. The number of para-hydroxylation sites is 1. The zero-order valence-electron chi connectivity index (χ0n) is 17.2. The monoisotopic (exact) mass is 400 g/mol. The van der Waals surface area contributed by atoms with Crippen molar-refractivity contribution >= 4 is 17.3 Å². The molecule has 1 heterocycles. The molecule has 1 aliphatic rings. The fourth-order valence-corrected chi connectivity index (χ4v) is 3.90. The Bertz CT molecular complexity index is 954. The van der Waals surface area contributed by atoms with Gasteiger partial charge in [0, 0.05) is 17.9 Å². The third-order valence-corrected chi connectivity index (χ3v) is 5.40. The van der Waals surface area contributed by atoms with E-state index in [1.807, 2.05) is 36.4 Å². The van der Waals surface area contributed by atoms with Crippen molar-refractivity contribution in [2.75, 3.05) is 29.9 Å². The molecule has 1 aliphatic heterocycles. The molecule has 0 radical (unpaired) electrons. The highest BCUT2D eigenvalue weighted by Crippen LogP contribution is 2.26. The molecule has 3 aromatic rings. The van der Waals surface area contributed by atoms with E-state index in [0.717, 1.165) is 43.7 Å². The molecule has 0 saturated carbocycles. The van der Waals surface area contributed by atoms with Gasteiger partial charge in [0.2, 0.25) is 5.91 Å². The maximum Gasteiger partial charge on any atom is 0.243 e. The number of benzene rings is 3. The molecule has 3 aromatic carbocycles. The Balaban J connectivity index is 1.23. The summed E-state index contributed by atoms with van der Waals surface area (Å²) in [6.45, 7) is 1.96. The highest BCUT2D eigenvalue weighted by molar-refractivity contribution is 5.94. The quantitative estimate of drug-likeness (QED) is 0.536. The van der Waals surface area contributed by atoms with Gasteiger partial charge in [-0.25, -0.2) is 0 Å². The van der Waals surface area contributed by atoms with Gasteiger partial charge in [-0.2, -0.15) is 0 Å². The van der Waals surface area contributed by atoms with E-state index in [-0.39, 0.29) is 5.91 Å². The number of anilines is 2. The van der Waals surface area contributed by atoms with E-state index in [9.17, 15) is 4.79 Å². The van der Waals surface area contributed by atoms with E-state index in [2.05, 4.69) is 52.7 Å². The molecular formula is C26H28N2O2. The van der Waals surface area contributed by atoms with Crippen LogP contribution in [0.5, 0.6) is 5.75 Å². The first-order valence-corrected chi connectivity index (χ1v) is 10.7. The van der Waals surface area contributed by atoms with Crippen LogP contribution in [0.15, 0.2) is 78.9 Å². The summed E-state index contributed by atoms with van der Waals surface area (Å²) < 4.78 is 5.83. The lowest BCUT2D eigenvalue weighted by Crippen LogP contribution is -2.36. The lowest BCUT2D eigenvalue weighted by Gasteiger charge is -2.30. The minimum absolute atomic E-state index is 0.00299. The molecule has 0 aromatic heterocycles. The number of rotatable bonds is 8. The highest BCUT2D eigenvalue weighted by atomic mass is 16.5. The molecule has 4 nitrogen and oxygen atoms in total. The zero-order chi connectivity index (χ0) is 20.6. The Morgan fingerprint density at radius 2 is 1.70 bits per heavy atom. The van der Waals surface area contributed by atoms with Crippen molar-refractivity contribution in [1.29, 1.82) is 0 Å². The van der Waals surface area contributed by atoms with Gasteiger partial charge in [-0.05, 0) is 67.1 Å². The maximum absolute atomic E-state index is 12.5. The number of carbonyl (C=O) groups excluding carboxylic acids is 1. The fraction of sp³-hybridized carbons (Fsp3) is 0.269. The Labute approximate surface area is 178 Å². The number of amides is 1. The lowest BCUT2D eigenvalue weighted by molar-refractivity contribution is -0.115. The van der Waals surface area contributed by atoms with Crippen LogP contribution in [0.4, 0.5) is 11.4 Å². The number of nitrogens with one attached hydrogen (secondary N) is 1. The first kappa shape index (κ1) is 20.0. The number of carbonyl (C=O) groups is 1. The van der Waals surface area contributed by atoms with Crippen LogP contribution < -0.4 is 15.0 Å². The van der Waals surface area contributed by atoms with Gasteiger partial charge >= 0.3 is 0 Å². The van der Waals surface area contributed by atoms with Crippen LogP contribution in [0.25, 0.3) is 0 Å². The predicted molar refractivity (Wildman–Crippen MR) is 122 cm³/mol. The van der Waals surface area contributed by atoms with Crippen molar-refractivity contribution in [2.24, 2.45) is 0 Å². The zero-order valence-corrected chi connectivity index (χ0v) is 17.2. The molecule has 30 heavy (non-hydrogen) atoms. The smallest absolute Gasteiger partial charge is 0.243 e. The van der Waals surface area contributed by atoms with Crippen molar-refractivity contribution < 1.29 is 9.53 Å². The number of ether oxygens (including phenoxy) is 1. The van der Waals surface area contributed by atoms with Crippen molar-refractivity contribution in [3.63, 3.8) is 0 Å². The van der Waals surface area contributed by atoms with Crippen LogP contribution in [0.2, 0.25) is 0 Å². The van der Waals surface area contributed by atoms with Gasteiger partial charge in [-0.15, -0.1) is 0 Å². The number of hydrogen-bond acceptors (Lipinski definition) is 3. The maximum atomic E-state index is 12.5. The SMILES string of the molecule is O=C(CN1CCCc2ccccc21)Nc1ccc(OCCCc2ccccc2)cc1. The van der Waals surface area contributed by atoms with E-state index in [1.165, 1.54) is 16.8 Å². The van der Waals surface area contributed by atoms with Crippen LogP contribution in [0, 0.1) is 0 Å². The largest absolute Gasteiger partial charge is 0.494 e. The first-order valence-electron chi connectivity index (χ1n) is 10.7. The standard InChI is InChI=1S/C26H28N2O2/c29-26(20-28-18-6-12-22-11-4-5-13-25(22)28)27-23-14-16-24(17-15-23)30-19-7-10-21-8-2-1-3-9-21/h1-5,8-9,11,13-17H,6-7,10,12,18-20H2,(H,27,29). The molecular weight excluding hydrogens is 372 g/mol. The minimum atomic E-state index is 0.00299. The molecule has 0 spiro atoms. The lowest BCUT2D eigenvalue weighted by atomic mass is 10.0. The van der Waals surface area contributed by atoms with E-state index in [4.69, 9.17) is 4.74 Å². The Hall–Kier alpha value is -3.27. The molecule has 1 N–H and O–H groups in total. The van der Waals surface area contributed by atoms with Crippen LogP contribution in [-0.2, 0) is 17.6 Å². The Kier molecular flexibility index (Phi) is 6.65. The molecule has 1 amide bonds. The van der Waals surface area contributed by atoms with Crippen LogP contribution in [0.3, 0.4) is 0 Å². The number of hydrogen-bond donors (Lipinski definition) is 1. The van der Waals surface area contributed by atoms with Gasteiger partial charge in [0.25, 0.3) is 0 Å². The molecule has 0 saturated heterocycles. The molecule has 0 aliphatic carbocycles. The minimum Gasteiger partial charge on any atom is -0.494 e. The van der Waals surface area contributed by atoms with E-state index in [1.54, 1.807) is 0 Å². The average Bonchev–Trinajstić information content (AvgIpc) is 2.79.